The van der Waals surface area contributed by atoms with Crippen molar-refractivity contribution in [3.63, 3.8) is 0 Å². The minimum atomic E-state index is -0.685. The van der Waals surface area contributed by atoms with Crippen LogP contribution in [0.3, 0.4) is 0 Å². The van der Waals surface area contributed by atoms with E-state index in [1.165, 1.54) is 6.92 Å². The fourth-order valence-corrected chi connectivity index (χ4v) is 0.498. The second-order valence-corrected chi connectivity index (χ2v) is 1.69. The van der Waals surface area contributed by atoms with Gasteiger partial charge in [0.15, 0.2) is 0 Å². The number of nitrogens with one attached hydrogen (secondary N) is 1. The Morgan fingerprint density at radius 2 is 2.22 bits per heavy atom. The third-order valence-corrected chi connectivity index (χ3v) is 1.08. The Balaban J connectivity index is 3.47. The van der Waals surface area contributed by atoms with Crippen molar-refractivity contribution in [2.45, 2.75) is 6.92 Å². The number of hydrogen-bond acceptors (Lipinski definition) is 3. The maximum absolute atomic E-state index is 10.4. The zero-order valence-electron chi connectivity index (χ0n) is 4.75. The fourth-order valence-electron chi connectivity index (χ4n) is 0.498. The SMILES string of the molecule is Cc1c(O)c(=O)[nH]n1O. The van der Waals surface area contributed by atoms with Gasteiger partial charge in [0.2, 0.25) is 5.75 Å². The number of hydrogen-bond donors (Lipinski definition) is 3. The van der Waals surface area contributed by atoms with E-state index in [-0.39, 0.29) is 5.69 Å². The van der Waals surface area contributed by atoms with Crippen molar-refractivity contribution in [1.29, 1.82) is 0 Å². The minimum Gasteiger partial charge on any atom is -0.502 e. The van der Waals surface area contributed by atoms with Gasteiger partial charge in [-0.05, 0) is 6.92 Å². The molecule has 0 aliphatic rings. The Kier molecular flexibility index (Phi) is 0.985. The highest BCUT2D eigenvalue weighted by atomic mass is 16.5. The highest BCUT2D eigenvalue weighted by molar-refractivity contribution is 5.20. The lowest BCUT2D eigenvalue weighted by Gasteiger charge is -1.88. The van der Waals surface area contributed by atoms with E-state index in [9.17, 15) is 4.79 Å². The van der Waals surface area contributed by atoms with Crippen molar-refractivity contribution < 1.29 is 10.3 Å². The Bertz CT molecular complexity index is 272. The molecule has 0 bridgehead atoms. The zero-order chi connectivity index (χ0) is 7.02. The van der Waals surface area contributed by atoms with Gasteiger partial charge in [-0.25, -0.2) is 5.10 Å². The summed E-state index contributed by atoms with van der Waals surface area (Å²) in [6, 6.07) is 0. The van der Waals surface area contributed by atoms with Gasteiger partial charge in [-0.3, -0.25) is 4.79 Å². The largest absolute Gasteiger partial charge is 0.502 e. The molecule has 0 spiro atoms. The van der Waals surface area contributed by atoms with E-state index in [1.807, 2.05) is 5.10 Å². The minimum absolute atomic E-state index is 0.111. The summed E-state index contributed by atoms with van der Waals surface area (Å²) < 4.78 is 0. The summed E-state index contributed by atoms with van der Waals surface area (Å²) in [5.74, 6) is -0.447. The highest BCUT2D eigenvalue weighted by Crippen LogP contribution is 2.04. The molecule has 0 atom stereocenters. The van der Waals surface area contributed by atoms with Gasteiger partial charge in [-0.15, -0.1) is 4.85 Å². The lowest BCUT2D eigenvalue weighted by atomic mass is 10.4. The van der Waals surface area contributed by atoms with Crippen LogP contribution in [-0.4, -0.2) is 20.3 Å². The van der Waals surface area contributed by atoms with Crippen LogP contribution in [0.2, 0.25) is 0 Å². The molecule has 5 heteroatoms. The van der Waals surface area contributed by atoms with Gasteiger partial charge in [0.05, 0.1) is 0 Å². The van der Waals surface area contributed by atoms with Gasteiger partial charge < -0.3 is 10.3 Å². The predicted molar refractivity (Wildman–Crippen MR) is 28.6 cm³/mol. The van der Waals surface area contributed by atoms with E-state index in [2.05, 4.69) is 0 Å². The Morgan fingerprint density at radius 1 is 1.67 bits per heavy atom. The molecule has 1 aromatic heterocycles. The first-order valence-electron chi connectivity index (χ1n) is 2.32. The summed E-state index contributed by atoms with van der Waals surface area (Å²) in [5, 5.41) is 19.3. The van der Waals surface area contributed by atoms with Crippen LogP contribution < -0.4 is 5.56 Å². The average Bonchev–Trinajstić information content (AvgIpc) is 1.98. The molecule has 0 aliphatic carbocycles. The van der Waals surface area contributed by atoms with Crippen LogP contribution in [-0.2, 0) is 0 Å². The number of aromatic hydroxyl groups is 1. The van der Waals surface area contributed by atoms with E-state index in [1.54, 1.807) is 0 Å². The summed E-state index contributed by atoms with van der Waals surface area (Å²) in [6.07, 6.45) is 0. The number of rotatable bonds is 0. The molecule has 0 saturated heterocycles. The first kappa shape index (κ1) is 5.74. The smallest absolute Gasteiger partial charge is 0.309 e. The van der Waals surface area contributed by atoms with Gasteiger partial charge in [0.25, 0.3) is 0 Å². The van der Waals surface area contributed by atoms with Crippen molar-refractivity contribution in [1.82, 2.24) is 9.94 Å². The Morgan fingerprint density at radius 3 is 2.33 bits per heavy atom. The van der Waals surface area contributed by atoms with E-state index in [0.29, 0.717) is 4.85 Å². The van der Waals surface area contributed by atoms with Crippen LogP contribution in [0.1, 0.15) is 5.69 Å². The van der Waals surface area contributed by atoms with Gasteiger partial charge >= 0.3 is 5.56 Å². The molecule has 0 unspecified atom stereocenters. The van der Waals surface area contributed by atoms with Gasteiger partial charge in [-0.2, -0.15) is 0 Å². The van der Waals surface area contributed by atoms with Crippen LogP contribution >= 0.6 is 0 Å². The van der Waals surface area contributed by atoms with Crippen molar-refractivity contribution >= 4 is 0 Å². The maximum Gasteiger partial charge on any atom is 0.309 e. The van der Waals surface area contributed by atoms with E-state index < -0.39 is 11.3 Å². The molecule has 50 valence electrons. The fraction of sp³-hybridized carbons (Fsp3) is 0.250. The second-order valence-electron chi connectivity index (χ2n) is 1.69. The Hall–Kier alpha value is -1.39. The zero-order valence-corrected chi connectivity index (χ0v) is 4.75. The van der Waals surface area contributed by atoms with Crippen LogP contribution in [0.15, 0.2) is 4.79 Å². The lowest BCUT2D eigenvalue weighted by Crippen LogP contribution is -2.02. The lowest BCUT2D eigenvalue weighted by molar-refractivity contribution is 0.140. The molecule has 1 aromatic rings. The molecule has 5 nitrogen and oxygen atoms in total. The molecule has 0 aromatic carbocycles. The second kappa shape index (κ2) is 1.54. The van der Waals surface area contributed by atoms with Crippen LogP contribution in [0.5, 0.6) is 5.75 Å². The molecule has 1 heterocycles. The number of aromatic amines is 1. The number of nitrogens with zero attached hydrogens (tertiary/aromatic N) is 1. The van der Waals surface area contributed by atoms with Crippen molar-refractivity contribution in [3.8, 4) is 5.75 Å². The number of H-pyrrole nitrogens is 1. The normalized spacial score (nSPS) is 9.89. The van der Waals surface area contributed by atoms with Crippen molar-refractivity contribution in [3.05, 3.63) is 16.0 Å². The molecule has 3 N–H and O–H groups in total. The van der Waals surface area contributed by atoms with Crippen LogP contribution in [0, 0.1) is 6.92 Å². The van der Waals surface area contributed by atoms with Crippen LogP contribution in [0.4, 0.5) is 0 Å². The summed E-state index contributed by atoms with van der Waals surface area (Å²) in [7, 11) is 0. The summed E-state index contributed by atoms with van der Waals surface area (Å²) >= 11 is 0. The molecule has 0 amide bonds. The molecule has 0 aliphatic heterocycles. The summed E-state index contributed by atoms with van der Waals surface area (Å²) in [5.41, 5.74) is -0.574. The van der Waals surface area contributed by atoms with Crippen LogP contribution in [0.25, 0.3) is 0 Å². The topological polar surface area (TPSA) is 78.2 Å². The molecule has 9 heavy (non-hydrogen) atoms. The monoisotopic (exact) mass is 130 g/mol. The molecular formula is C4H6N2O3. The van der Waals surface area contributed by atoms with E-state index in [0.717, 1.165) is 0 Å². The van der Waals surface area contributed by atoms with Crippen molar-refractivity contribution in [2.24, 2.45) is 0 Å². The molecular weight excluding hydrogens is 124 g/mol. The molecule has 0 fully saturated rings. The molecule has 0 saturated carbocycles. The van der Waals surface area contributed by atoms with Gasteiger partial charge in [0, 0.05) is 0 Å². The summed E-state index contributed by atoms with van der Waals surface area (Å²) in [4.78, 5) is 10.8. The average molecular weight is 130 g/mol. The first-order chi connectivity index (χ1) is 4.13. The predicted octanol–water partition coefficient (Wildman–Crippen LogP) is -0.572. The highest BCUT2D eigenvalue weighted by Gasteiger charge is 2.06. The quantitative estimate of drug-likeness (QED) is 0.411. The summed E-state index contributed by atoms with van der Waals surface area (Å²) in [6.45, 7) is 1.41. The number of aromatic nitrogens is 2. The van der Waals surface area contributed by atoms with Gasteiger partial charge in [0.1, 0.15) is 5.69 Å². The third kappa shape index (κ3) is 0.658. The van der Waals surface area contributed by atoms with Gasteiger partial charge in [-0.1, -0.05) is 0 Å². The third-order valence-electron chi connectivity index (χ3n) is 1.08. The standard InChI is InChI=1S/C4H6N2O3/c1-2-3(7)4(8)5-6(2)9/h7,9H,1H3,(H,5,8). The van der Waals surface area contributed by atoms with E-state index >= 15 is 0 Å². The maximum atomic E-state index is 10.4. The molecule has 1 rings (SSSR count). The Labute approximate surface area is 50.1 Å². The molecule has 0 radical (unpaired) electrons. The first-order valence-corrected chi connectivity index (χ1v) is 2.32. The van der Waals surface area contributed by atoms with E-state index in [4.69, 9.17) is 10.3 Å². The van der Waals surface area contributed by atoms with Crippen molar-refractivity contribution in [2.75, 3.05) is 0 Å².